The number of carbonyl (C=O) groups excluding carboxylic acids is 1. The smallest absolute Gasteiger partial charge is 0.225 e. The maximum Gasteiger partial charge on any atom is 0.225 e. The molecule has 0 bridgehead atoms. The normalized spacial score (nSPS) is 17.7. The number of carbonyl (C=O) groups is 1. The number of hydrogen-bond acceptors (Lipinski definition) is 3. The Labute approximate surface area is 127 Å². The summed E-state index contributed by atoms with van der Waals surface area (Å²) in [6.45, 7) is 1.35. The van der Waals surface area contributed by atoms with Crippen LogP contribution < -0.4 is 0 Å². The van der Waals surface area contributed by atoms with Crippen LogP contribution in [0.3, 0.4) is 0 Å². The van der Waals surface area contributed by atoms with Crippen molar-refractivity contribution in [2.75, 3.05) is 6.54 Å². The van der Waals surface area contributed by atoms with Crippen LogP contribution in [0.5, 0.6) is 0 Å². The lowest BCUT2D eigenvalue weighted by Gasteiger charge is -2.26. The van der Waals surface area contributed by atoms with E-state index in [9.17, 15) is 4.79 Å². The summed E-state index contributed by atoms with van der Waals surface area (Å²) in [5.74, 6) is 1.30. The molecule has 0 spiro atoms. The van der Waals surface area contributed by atoms with Crippen LogP contribution in [0.15, 0.2) is 28.8 Å². The molecule has 1 amide bonds. The fraction of sp³-hybridized carbons (Fsp3) is 0.375. The average molecular weight is 303 g/mol. The first-order valence-corrected chi connectivity index (χ1v) is 7.62. The minimum Gasteiger partial charge on any atom is -0.356 e. The topological polar surface area (TPSA) is 46.3 Å². The van der Waals surface area contributed by atoms with Gasteiger partial charge in [0, 0.05) is 35.0 Å². The number of halogens is 1. The number of aromatic nitrogens is 1. The van der Waals surface area contributed by atoms with Crippen molar-refractivity contribution >= 4 is 17.5 Å². The van der Waals surface area contributed by atoms with Gasteiger partial charge in [0.2, 0.25) is 5.91 Å². The van der Waals surface area contributed by atoms with Crippen molar-refractivity contribution in [3.63, 3.8) is 0 Å². The summed E-state index contributed by atoms with van der Waals surface area (Å²) in [5.41, 5.74) is 2.96. The Hall–Kier alpha value is -1.81. The molecule has 0 unspecified atom stereocenters. The van der Waals surface area contributed by atoms with Crippen LogP contribution in [0.2, 0.25) is 5.02 Å². The fourth-order valence-electron chi connectivity index (χ4n) is 2.82. The summed E-state index contributed by atoms with van der Waals surface area (Å²) in [6.07, 6.45) is 2.84. The van der Waals surface area contributed by atoms with E-state index >= 15 is 0 Å². The molecule has 21 heavy (non-hydrogen) atoms. The first kappa shape index (κ1) is 12.9. The minimum atomic E-state index is 0.255. The second-order valence-electron chi connectivity index (χ2n) is 5.73. The highest BCUT2D eigenvalue weighted by Gasteiger charge is 2.36. The van der Waals surface area contributed by atoms with Gasteiger partial charge in [0.1, 0.15) is 0 Å². The number of benzene rings is 1. The summed E-state index contributed by atoms with van der Waals surface area (Å²) in [5, 5.41) is 4.86. The zero-order valence-electron chi connectivity index (χ0n) is 11.5. The number of nitrogens with zero attached hydrogens (tertiary/aromatic N) is 2. The Kier molecular flexibility index (Phi) is 3.00. The Morgan fingerprint density at radius 3 is 2.76 bits per heavy atom. The molecule has 4 nitrogen and oxygen atoms in total. The van der Waals surface area contributed by atoms with Gasteiger partial charge in [-0.2, -0.15) is 0 Å². The Balaban J connectivity index is 1.65. The molecule has 0 N–H and O–H groups in total. The SMILES string of the molecule is O=C(C1CC1)N1CCc2noc(-c3ccc(Cl)cc3)c2C1. The molecular weight excluding hydrogens is 288 g/mol. The Morgan fingerprint density at radius 1 is 1.29 bits per heavy atom. The highest BCUT2D eigenvalue weighted by Crippen LogP contribution is 2.35. The first-order chi connectivity index (χ1) is 10.2. The number of hydrogen-bond donors (Lipinski definition) is 0. The average Bonchev–Trinajstić information content (AvgIpc) is 3.27. The molecular formula is C16H15ClN2O2. The molecule has 108 valence electrons. The largest absolute Gasteiger partial charge is 0.356 e. The lowest BCUT2D eigenvalue weighted by Crippen LogP contribution is -2.36. The molecule has 1 fully saturated rings. The number of fused-ring (bicyclic) bond motifs is 1. The van der Waals surface area contributed by atoms with Crippen molar-refractivity contribution in [2.24, 2.45) is 5.92 Å². The molecule has 2 heterocycles. The van der Waals surface area contributed by atoms with Crippen LogP contribution >= 0.6 is 11.6 Å². The van der Waals surface area contributed by atoms with Gasteiger partial charge in [0.05, 0.1) is 12.2 Å². The monoisotopic (exact) mass is 302 g/mol. The van der Waals surface area contributed by atoms with Crippen molar-refractivity contribution in [3.8, 4) is 11.3 Å². The van der Waals surface area contributed by atoms with Crippen molar-refractivity contribution in [1.82, 2.24) is 10.1 Å². The molecule has 4 rings (SSSR count). The quantitative estimate of drug-likeness (QED) is 0.855. The second kappa shape index (κ2) is 4.88. The van der Waals surface area contributed by atoms with Crippen molar-refractivity contribution in [3.05, 3.63) is 40.5 Å². The van der Waals surface area contributed by atoms with Crippen molar-refractivity contribution in [2.45, 2.75) is 25.8 Å². The molecule has 1 aromatic carbocycles. The van der Waals surface area contributed by atoms with Gasteiger partial charge in [-0.05, 0) is 37.1 Å². The fourth-order valence-corrected chi connectivity index (χ4v) is 2.94. The lowest BCUT2D eigenvalue weighted by molar-refractivity contribution is -0.133. The van der Waals surface area contributed by atoms with Gasteiger partial charge in [-0.15, -0.1) is 0 Å². The minimum absolute atomic E-state index is 0.255. The van der Waals surface area contributed by atoms with E-state index in [0.717, 1.165) is 48.4 Å². The number of rotatable bonds is 2. The highest BCUT2D eigenvalue weighted by molar-refractivity contribution is 6.30. The molecule has 2 aromatic rings. The van der Waals surface area contributed by atoms with Gasteiger partial charge in [0.25, 0.3) is 0 Å². The maximum atomic E-state index is 12.2. The van der Waals surface area contributed by atoms with Crippen LogP contribution in [0.25, 0.3) is 11.3 Å². The summed E-state index contributed by atoms with van der Waals surface area (Å²) in [6, 6.07) is 7.51. The Morgan fingerprint density at radius 2 is 2.05 bits per heavy atom. The summed E-state index contributed by atoms with van der Waals surface area (Å²) < 4.78 is 5.52. The van der Waals surface area contributed by atoms with E-state index in [1.807, 2.05) is 29.2 Å². The van der Waals surface area contributed by atoms with Crippen molar-refractivity contribution in [1.29, 1.82) is 0 Å². The molecule has 1 aliphatic heterocycles. The van der Waals surface area contributed by atoms with E-state index < -0.39 is 0 Å². The second-order valence-corrected chi connectivity index (χ2v) is 6.16. The molecule has 1 saturated carbocycles. The third kappa shape index (κ3) is 2.33. The predicted octanol–water partition coefficient (Wildman–Crippen LogP) is 3.29. The van der Waals surface area contributed by atoms with E-state index in [-0.39, 0.29) is 11.8 Å². The maximum absolute atomic E-state index is 12.2. The molecule has 0 radical (unpaired) electrons. The molecule has 2 aliphatic rings. The highest BCUT2D eigenvalue weighted by atomic mass is 35.5. The van der Waals surface area contributed by atoms with E-state index in [1.165, 1.54) is 0 Å². The van der Waals surface area contributed by atoms with Crippen molar-refractivity contribution < 1.29 is 9.32 Å². The third-order valence-electron chi connectivity index (χ3n) is 4.18. The van der Waals surface area contributed by atoms with Gasteiger partial charge in [-0.1, -0.05) is 16.8 Å². The Bertz CT molecular complexity index is 689. The standard InChI is InChI=1S/C16H15ClN2O2/c17-12-5-3-10(4-6-12)15-13-9-19(16(20)11-1-2-11)8-7-14(13)18-21-15/h3-6,11H,1-2,7-9H2. The molecule has 1 aromatic heterocycles. The molecule has 0 saturated heterocycles. The van der Waals surface area contributed by atoms with Gasteiger partial charge in [-0.3, -0.25) is 4.79 Å². The van der Waals surface area contributed by atoms with E-state index in [0.29, 0.717) is 11.6 Å². The van der Waals surface area contributed by atoms with E-state index in [4.69, 9.17) is 16.1 Å². The summed E-state index contributed by atoms with van der Waals surface area (Å²) in [4.78, 5) is 14.2. The summed E-state index contributed by atoms with van der Waals surface area (Å²) >= 11 is 5.92. The molecule has 0 atom stereocenters. The van der Waals surface area contributed by atoms with Crippen LogP contribution in [0.4, 0.5) is 0 Å². The zero-order valence-corrected chi connectivity index (χ0v) is 12.3. The van der Waals surface area contributed by atoms with Gasteiger partial charge in [0.15, 0.2) is 5.76 Å². The molecule has 5 heteroatoms. The van der Waals surface area contributed by atoms with Crippen LogP contribution in [0, 0.1) is 5.92 Å². The van der Waals surface area contributed by atoms with E-state index in [1.54, 1.807) is 0 Å². The predicted molar refractivity (Wildman–Crippen MR) is 78.8 cm³/mol. The molecule has 1 aliphatic carbocycles. The zero-order chi connectivity index (χ0) is 14.4. The first-order valence-electron chi connectivity index (χ1n) is 7.24. The van der Waals surface area contributed by atoms with Crippen LogP contribution in [-0.4, -0.2) is 22.5 Å². The van der Waals surface area contributed by atoms with Gasteiger partial charge < -0.3 is 9.42 Å². The van der Waals surface area contributed by atoms with E-state index in [2.05, 4.69) is 5.16 Å². The summed E-state index contributed by atoms with van der Waals surface area (Å²) in [7, 11) is 0. The lowest BCUT2D eigenvalue weighted by atomic mass is 10.0. The third-order valence-corrected chi connectivity index (χ3v) is 4.43. The number of amides is 1. The van der Waals surface area contributed by atoms with Crippen LogP contribution in [-0.2, 0) is 17.8 Å². The van der Waals surface area contributed by atoms with Gasteiger partial charge >= 0.3 is 0 Å². The van der Waals surface area contributed by atoms with Gasteiger partial charge in [-0.25, -0.2) is 0 Å². The van der Waals surface area contributed by atoms with Crippen LogP contribution in [0.1, 0.15) is 24.1 Å².